The van der Waals surface area contributed by atoms with E-state index in [1.54, 1.807) is 6.08 Å². The van der Waals surface area contributed by atoms with E-state index in [2.05, 4.69) is 52.9 Å². The number of fused-ring (bicyclic) bond motifs is 4. The van der Waals surface area contributed by atoms with Crippen molar-refractivity contribution in [1.82, 2.24) is 0 Å². The van der Waals surface area contributed by atoms with Crippen LogP contribution in [0.25, 0.3) is 11.6 Å². The maximum absolute atomic E-state index is 12.0. The van der Waals surface area contributed by atoms with Crippen LogP contribution in [0.15, 0.2) is 29.6 Å². The molecular formula is C24H30O4Si. The quantitative estimate of drug-likeness (QED) is 0.551. The Morgan fingerprint density at radius 3 is 2.62 bits per heavy atom. The van der Waals surface area contributed by atoms with Crippen LogP contribution in [0.1, 0.15) is 38.3 Å². The predicted molar refractivity (Wildman–Crippen MR) is 118 cm³/mol. The number of carbonyl (C=O) groups is 1. The number of carbonyl (C=O) groups excluding carboxylic acids is 1. The van der Waals surface area contributed by atoms with Crippen molar-refractivity contribution in [2.45, 2.75) is 58.7 Å². The van der Waals surface area contributed by atoms with Gasteiger partial charge >= 0.3 is 5.97 Å². The fourth-order valence-corrected chi connectivity index (χ4v) is 4.96. The number of ether oxygens (including phenoxy) is 2. The van der Waals surface area contributed by atoms with E-state index >= 15 is 0 Å². The molecule has 4 nitrogen and oxygen atoms in total. The number of rotatable bonds is 2. The first kappa shape index (κ1) is 20.0. The van der Waals surface area contributed by atoms with Crippen molar-refractivity contribution in [1.29, 1.82) is 0 Å². The topological polar surface area (TPSA) is 44.8 Å². The van der Waals surface area contributed by atoms with Crippen molar-refractivity contribution in [3.63, 3.8) is 0 Å². The van der Waals surface area contributed by atoms with Crippen LogP contribution in [0.5, 0.6) is 5.75 Å². The summed E-state index contributed by atoms with van der Waals surface area (Å²) in [5.74, 6) is 1.57. The molecule has 0 bridgehead atoms. The molecule has 3 aliphatic rings. The number of esters is 1. The number of hydrogen-bond acceptors (Lipinski definition) is 4. The molecular weight excluding hydrogens is 380 g/mol. The molecule has 4 rings (SSSR count). The van der Waals surface area contributed by atoms with Crippen LogP contribution in [-0.2, 0) is 20.4 Å². The molecule has 154 valence electrons. The van der Waals surface area contributed by atoms with Gasteiger partial charge in [0.15, 0.2) is 0 Å². The lowest BCUT2D eigenvalue weighted by Gasteiger charge is -2.37. The van der Waals surface area contributed by atoms with Crippen LogP contribution in [0.2, 0.25) is 18.1 Å². The zero-order valence-electron chi connectivity index (χ0n) is 18.3. The molecule has 0 saturated heterocycles. The van der Waals surface area contributed by atoms with E-state index in [1.807, 2.05) is 6.08 Å². The van der Waals surface area contributed by atoms with Gasteiger partial charge in [0.2, 0.25) is 8.32 Å². The summed E-state index contributed by atoms with van der Waals surface area (Å²) in [4.78, 5) is 12.0. The Morgan fingerprint density at radius 2 is 1.90 bits per heavy atom. The highest BCUT2D eigenvalue weighted by molar-refractivity contribution is 6.74. The molecule has 0 radical (unpaired) electrons. The fraction of sp³-hybridized carbons (Fsp3) is 0.458. The Labute approximate surface area is 173 Å². The standard InChI is InChI=1S/C24H30O4Si/c1-15-10-19-20(23-18(15)8-7-9-26-23)13-17(28-29(5,6)24(2,3)4)11-16-12-22(25)27-14-21(16)19/h8,10-12H,7,9,13-14H2,1-6H3. The molecule has 2 heterocycles. The Kier molecular flexibility index (Phi) is 4.77. The van der Waals surface area contributed by atoms with Crippen LogP contribution in [0.3, 0.4) is 0 Å². The van der Waals surface area contributed by atoms with Crippen LogP contribution in [0, 0.1) is 6.92 Å². The first-order chi connectivity index (χ1) is 13.6. The third-order valence-electron chi connectivity index (χ3n) is 6.51. The number of hydrogen-bond donors (Lipinski definition) is 0. The van der Waals surface area contributed by atoms with Crippen LogP contribution in [-0.4, -0.2) is 27.5 Å². The maximum atomic E-state index is 12.0. The number of allylic oxidation sites excluding steroid dienone is 2. The van der Waals surface area contributed by atoms with Gasteiger partial charge in [-0.15, -0.1) is 0 Å². The van der Waals surface area contributed by atoms with Gasteiger partial charge in [-0.25, -0.2) is 4.79 Å². The van der Waals surface area contributed by atoms with Gasteiger partial charge in [-0.2, -0.15) is 0 Å². The molecule has 0 N–H and O–H groups in total. The molecule has 0 amide bonds. The molecule has 0 spiro atoms. The highest BCUT2D eigenvalue weighted by atomic mass is 28.4. The number of cyclic esters (lactones) is 1. The van der Waals surface area contributed by atoms with Gasteiger partial charge in [-0.3, -0.25) is 0 Å². The number of benzene rings is 1. The zero-order chi connectivity index (χ0) is 21.0. The first-order valence-corrected chi connectivity index (χ1v) is 13.2. The van der Waals surface area contributed by atoms with Crippen molar-refractivity contribution in [3.8, 4) is 5.75 Å². The van der Waals surface area contributed by atoms with E-state index < -0.39 is 8.32 Å². The lowest BCUT2D eigenvalue weighted by atomic mass is 9.96. The predicted octanol–water partition coefficient (Wildman–Crippen LogP) is 3.65. The monoisotopic (exact) mass is 410 g/mol. The Bertz CT molecular complexity index is 1070. The van der Waals surface area contributed by atoms with Crippen molar-refractivity contribution >= 4 is 25.9 Å². The average molecular weight is 411 g/mol. The van der Waals surface area contributed by atoms with Crippen LogP contribution >= 0.6 is 0 Å². The molecule has 1 aromatic rings. The van der Waals surface area contributed by atoms with E-state index in [9.17, 15) is 4.79 Å². The summed E-state index contributed by atoms with van der Waals surface area (Å²) in [5.41, 5.74) is 4.26. The molecule has 29 heavy (non-hydrogen) atoms. The van der Waals surface area contributed by atoms with Gasteiger partial charge in [-0.1, -0.05) is 32.9 Å². The SMILES string of the molecule is Cc1cc2c(c3c1=CCCO3)CC(O[Si](C)(C)C(C)(C)C)=CC1=CC(=O)OCC=21. The molecule has 0 fully saturated rings. The summed E-state index contributed by atoms with van der Waals surface area (Å²) in [6.45, 7) is 14.3. The van der Waals surface area contributed by atoms with Gasteiger partial charge in [0.05, 0.1) is 12.4 Å². The summed E-state index contributed by atoms with van der Waals surface area (Å²) < 4.78 is 18.2. The maximum Gasteiger partial charge on any atom is 0.331 e. The van der Waals surface area contributed by atoms with E-state index in [1.165, 1.54) is 10.8 Å². The third-order valence-corrected chi connectivity index (χ3v) is 10.9. The van der Waals surface area contributed by atoms with Crippen molar-refractivity contribution in [2.75, 3.05) is 13.2 Å². The van der Waals surface area contributed by atoms with Gasteiger partial charge in [0.1, 0.15) is 12.4 Å². The molecule has 0 aromatic heterocycles. The molecule has 1 aliphatic carbocycles. The summed E-state index contributed by atoms with van der Waals surface area (Å²) in [6.07, 6.45) is 7.48. The lowest BCUT2D eigenvalue weighted by molar-refractivity contribution is -0.136. The second-order valence-electron chi connectivity index (χ2n) is 9.64. The summed E-state index contributed by atoms with van der Waals surface area (Å²) >= 11 is 0. The summed E-state index contributed by atoms with van der Waals surface area (Å²) in [7, 11) is -2.03. The van der Waals surface area contributed by atoms with Gasteiger partial charge in [-0.05, 0) is 47.5 Å². The van der Waals surface area contributed by atoms with E-state index in [4.69, 9.17) is 13.9 Å². The van der Waals surface area contributed by atoms with Gasteiger partial charge in [0.25, 0.3) is 0 Å². The highest BCUT2D eigenvalue weighted by Gasteiger charge is 2.40. The van der Waals surface area contributed by atoms with E-state index in [0.29, 0.717) is 13.0 Å². The fourth-order valence-electron chi connectivity index (χ4n) is 3.86. The van der Waals surface area contributed by atoms with E-state index in [-0.39, 0.29) is 17.6 Å². The largest absolute Gasteiger partial charge is 0.546 e. The molecule has 2 aliphatic heterocycles. The smallest absolute Gasteiger partial charge is 0.331 e. The van der Waals surface area contributed by atoms with Crippen molar-refractivity contribution < 1.29 is 18.7 Å². The first-order valence-electron chi connectivity index (χ1n) is 10.3. The minimum absolute atomic E-state index is 0.0897. The van der Waals surface area contributed by atoms with Crippen molar-refractivity contribution in [2.24, 2.45) is 0 Å². The van der Waals surface area contributed by atoms with Crippen LogP contribution in [0.4, 0.5) is 0 Å². The molecule has 0 saturated carbocycles. The van der Waals surface area contributed by atoms with E-state index in [0.717, 1.165) is 39.9 Å². The highest BCUT2D eigenvalue weighted by Crippen LogP contribution is 2.39. The Morgan fingerprint density at radius 1 is 1.14 bits per heavy atom. The van der Waals surface area contributed by atoms with Gasteiger partial charge in [0, 0.05) is 35.3 Å². The van der Waals surface area contributed by atoms with Gasteiger partial charge < -0.3 is 13.9 Å². The molecule has 0 unspecified atom stereocenters. The number of aryl methyl sites for hydroxylation is 1. The zero-order valence-corrected chi connectivity index (χ0v) is 19.3. The van der Waals surface area contributed by atoms with Crippen LogP contribution < -0.4 is 15.2 Å². The normalized spacial score (nSPS) is 18.7. The minimum atomic E-state index is -2.03. The summed E-state index contributed by atoms with van der Waals surface area (Å²) in [5, 5.41) is 2.38. The molecule has 0 atom stereocenters. The summed E-state index contributed by atoms with van der Waals surface area (Å²) in [6, 6.07) is 2.21. The Hall–Kier alpha value is -2.27. The second-order valence-corrected chi connectivity index (χ2v) is 14.4. The van der Waals surface area contributed by atoms with Crippen molar-refractivity contribution in [3.05, 3.63) is 51.1 Å². The second kappa shape index (κ2) is 6.91. The average Bonchev–Trinajstić information content (AvgIpc) is 2.77. The third kappa shape index (κ3) is 3.57. The molecule has 5 heteroatoms. The Balaban J connectivity index is 1.94. The lowest BCUT2D eigenvalue weighted by Crippen LogP contribution is -2.40. The molecule has 1 aromatic carbocycles. The minimum Gasteiger partial charge on any atom is -0.546 e.